The van der Waals surface area contributed by atoms with Crippen LogP contribution in [0.25, 0.3) is 26.6 Å². The lowest BCUT2D eigenvalue weighted by Gasteiger charge is -2.08. The monoisotopic (exact) mass is 355 g/mol. The van der Waals surface area contributed by atoms with E-state index >= 15 is 0 Å². The number of fused-ring (bicyclic) bond motifs is 3. The summed E-state index contributed by atoms with van der Waals surface area (Å²) in [6.07, 6.45) is 0. The minimum atomic E-state index is 0.645. The van der Waals surface area contributed by atoms with Crippen LogP contribution in [-0.4, -0.2) is 35.4 Å². The van der Waals surface area contributed by atoms with Crippen molar-refractivity contribution < 1.29 is 14.2 Å². The molecule has 0 bridgehead atoms. The van der Waals surface area contributed by atoms with Crippen molar-refractivity contribution in [2.24, 2.45) is 0 Å². The summed E-state index contributed by atoms with van der Waals surface area (Å²) in [5.41, 5.74) is 1.97. The highest BCUT2D eigenvalue weighted by Crippen LogP contribution is 2.35. The van der Waals surface area contributed by atoms with Crippen molar-refractivity contribution in [3.05, 3.63) is 36.4 Å². The first-order valence-corrected chi connectivity index (χ1v) is 8.69. The Morgan fingerprint density at radius 3 is 2.60 bits per heavy atom. The Kier molecular flexibility index (Phi) is 3.93. The van der Waals surface area contributed by atoms with Gasteiger partial charge in [-0.2, -0.15) is 0 Å². The van der Waals surface area contributed by atoms with E-state index < -0.39 is 0 Å². The van der Waals surface area contributed by atoms with Crippen LogP contribution >= 0.6 is 11.3 Å². The molecule has 0 aliphatic carbocycles. The number of rotatable bonds is 5. The van der Waals surface area contributed by atoms with E-state index in [1.807, 2.05) is 43.3 Å². The minimum absolute atomic E-state index is 0.645. The molecule has 0 spiro atoms. The molecule has 4 aromatic rings. The number of ether oxygens (including phenoxy) is 3. The molecule has 0 saturated carbocycles. The van der Waals surface area contributed by atoms with Gasteiger partial charge in [-0.1, -0.05) is 11.3 Å². The smallest absolute Gasteiger partial charge is 0.217 e. The second-order valence-corrected chi connectivity index (χ2v) is 6.39. The zero-order valence-electron chi connectivity index (χ0n) is 14.1. The van der Waals surface area contributed by atoms with Crippen LogP contribution in [-0.2, 0) is 0 Å². The van der Waals surface area contributed by atoms with Crippen LogP contribution in [0.5, 0.6) is 17.2 Å². The number of benzene rings is 2. The lowest BCUT2D eigenvalue weighted by atomic mass is 10.2. The van der Waals surface area contributed by atoms with Gasteiger partial charge in [-0.3, -0.25) is 4.40 Å². The fraction of sp³-hybridized carbons (Fsp3) is 0.222. The van der Waals surface area contributed by atoms with Crippen LogP contribution in [0.2, 0.25) is 0 Å². The summed E-state index contributed by atoms with van der Waals surface area (Å²) in [4.78, 5) is 0.841. The van der Waals surface area contributed by atoms with E-state index in [0.717, 1.165) is 32.3 Å². The van der Waals surface area contributed by atoms with E-state index in [1.54, 1.807) is 25.6 Å². The molecule has 0 atom stereocenters. The summed E-state index contributed by atoms with van der Waals surface area (Å²) in [5.74, 6) is 2.98. The lowest BCUT2D eigenvalue weighted by molar-refractivity contribution is 0.341. The molecule has 7 heteroatoms. The van der Waals surface area contributed by atoms with E-state index in [-0.39, 0.29) is 0 Å². The molecule has 4 rings (SSSR count). The van der Waals surface area contributed by atoms with Gasteiger partial charge in [0.2, 0.25) is 4.96 Å². The normalized spacial score (nSPS) is 11.2. The molecular formula is C18H17N3O3S. The summed E-state index contributed by atoms with van der Waals surface area (Å²) < 4.78 is 19.5. The van der Waals surface area contributed by atoms with Crippen molar-refractivity contribution in [2.75, 3.05) is 20.8 Å². The van der Waals surface area contributed by atoms with Crippen molar-refractivity contribution in [1.82, 2.24) is 14.6 Å². The van der Waals surface area contributed by atoms with E-state index in [2.05, 4.69) is 14.6 Å². The molecule has 2 aromatic carbocycles. The van der Waals surface area contributed by atoms with Gasteiger partial charge < -0.3 is 14.2 Å². The van der Waals surface area contributed by atoms with Gasteiger partial charge >= 0.3 is 0 Å². The highest BCUT2D eigenvalue weighted by atomic mass is 32.1. The van der Waals surface area contributed by atoms with Crippen LogP contribution in [0.4, 0.5) is 0 Å². The van der Waals surface area contributed by atoms with E-state index in [4.69, 9.17) is 14.2 Å². The molecule has 6 nitrogen and oxygen atoms in total. The summed E-state index contributed by atoms with van der Waals surface area (Å²) in [5, 5.41) is 8.69. The Labute approximate surface area is 148 Å². The highest BCUT2D eigenvalue weighted by Gasteiger charge is 2.16. The topological polar surface area (TPSA) is 57.9 Å². The van der Waals surface area contributed by atoms with Crippen LogP contribution in [0.1, 0.15) is 6.92 Å². The Hall–Kier alpha value is -2.80. The molecule has 0 unspecified atom stereocenters. The molecule has 25 heavy (non-hydrogen) atoms. The second-order valence-electron chi connectivity index (χ2n) is 5.38. The number of nitrogens with zero attached hydrogens (tertiary/aromatic N) is 3. The van der Waals surface area contributed by atoms with E-state index in [9.17, 15) is 0 Å². The minimum Gasteiger partial charge on any atom is -0.494 e. The van der Waals surface area contributed by atoms with Crippen LogP contribution < -0.4 is 14.2 Å². The van der Waals surface area contributed by atoms with Crippen LogP contribution in [0.15, 0.2) is 36.4 Å². The Bertz CT molecular complexity index is 1050. The van der Waals surface area contributed by atoms with Crippen molar-refractivity contribution in [3.8, 4) is 28.6 Å². The molecule has 0 amide bonds. The first-order valence-electron chi connectivity index (χ1n) is 7.88. The zero-order chi connectivity index (χ0) is 17.4. The predicted octanol–water partition coefficient (Wildman–Crippen LogP) is 4.03. The van der Waals surface area contributed by atoms with Crippen LogP contribution in [0, 0.1) is 0 Å². The Balaban J connectivity index is 1.89. The SMILES string of the molecule is CCOc1ccc2c(c1)sc1nnc(-c3ccc(OC)c(OC)c3)n12. The molecule has 0 N–H and O–H groups in total. The summed E-state index contributed by atoms with van der Waals surface area (Å²) in [6.45, 7) is 2.62. The summed E-state index contributed by atoms with van der Waals surface area (Å²) >= 11 is 1.59. The van der Waals surface area contributed by atoms with Gasteiger partial charge in [0.1, 0.15) is 5.75 Å². The maximum Gasteiger partial charge on any atom is 0.217 e. The quantitative estimate of drug-likeness (QED) is 0.541. The first-order chi connectivity index (χ1) is 12.2. The molecule has 2 aromatic heterocycles. The van der Waals surface area contributed by atoms with Crippen molar-refractivity contribution >= 4 is 26.5 Å². The third kappa shape index (κ3) is 2.56. The van der Waals surface area contributed by atoms with Gasteiger partial charge in [0, 0.05) is 5.56 Å². The molecule has 0 aliphatic heterocycles. The average molecular weight is 355 g/mol. The molecular weight excluding hydrogens is 338 g/mol. The molecule has 0 radical (unpaired) electrons. The first kappa shape index (κ1) is 15.7. The van der Waals surface area contributed by atoms with Crippen molar-refractivity contribution in [2.45, 2.75) is 6.92 Å². The number of hydrogen-bond acceptors (Lipinski definition) is 6. The third-order valence-electron chi connectivity index (χ3n) is 3.96. The average Bonchev–Trinajstić information content (AvgIpc) is 3.20. The summed E-state index contributed by atoms with van der Waals surface area (Å²) in [7, 11) is 3.24. The molecule has 0 saturated heterocycles. The number of aromatic nitrogens is 3. The molecule has 0 fully saturated rings. The number of hydrogen-bond donors (Lipinski definition) is 0. The molecule has 0 aliphatic rings. The maximum absolute atomic E-state index is 5.59. The number of methoxy groups -OCH3 is 2. The summed E-state index contributed by atoms with van der Waals surface area (Å²) in [6, 6.07) is 11.8. The van der Waals surface area contributed by atoms with Gasteiger partial charge in [-0.25, -0.2) is 0 Å². The predicted molar refractivity (Wildman–Crippen MR) is 98.1 cm³/mol. The fourth-order valence-electron chi connectivity index (χ4n) is 2.83. The van der Waals surface area contributed by atoms with Gasteiger partial charge in [0.05, 0.1) is 31.0 Å². The largest absolute Gasteiger partial charge is 0.494 e. The van der Waals surface area contributed by atoms with Gasteiger partial charge in [0.15, 0.2) is 17.3 Å². The van der Waals surface area contributed by atoms with Crippen LogP contribution in [0.3, 0.4) is 0 Å². The van der Waals surface area contributed by atoms with Gasteiger partial charge in [-0.15, -0.1) is 10.2 Å². The van der Waals surface area contributed by atoms with Gasteiger partial charge in [-0.05, 0) is 43.3 Å². The molecule has 128 valence electrons. The molecule has 2 heterocycles. The van der Waals surface area contributed by atoms with Crippen molar-refractivity contribution in [1.29, 1.82) is 0 Å². The van der Waals surface area contributed by atoms with E-state index in [0.29, 0.717) is 18.1 Å². The Morgan fingerprint density at radius 1 is 1.00 bits per heavy atom. The van der Waals surface area contributed by atoms with Gasteiger partial charge in [0.25, 0.3) is 0 Å². The lowest BCUT2D eigenvalue weighted by Crippen LogP contribution is -1.93. The third-order valence-corrected chi connectivity index (χ3v) is 4.95. The second kappa shape index (κ2) is 6.25. The standard InChI is InChI=1S/C18H17N3O3S/c1-4-24-12-6-7-13-16(10-12)25-18-20-19-17(21(13)18)11-5-8-14(22-2)15(9-11)23-3/h5-10H,4H2,1-3H3. The Morgan fingerprint density at radius 2 is 1.84 bits per heavy atom. The van der Waals surface area contributed by atoms with E-state index in [1.165, 1.54) is 0 Å². The zero-order valence-corrected chi connectivity index (χ0v) is 15.0. The highest BCUT2D eigenvalue weighted by molar-refractivity contribution is 7.23. The maximum atomic E-state index is 5.59. The number of thiazole rings is 1. The fourth-order valence-corrected chi connectivity index (χ4v) is 3.82. The van der Waals surface area contributed by atoms with Crippen molar-refractivity contribution in [3.63, 3.8) is 0 Å².